The van der Waals surface area contributed by atoms with Crippen molar-refractivity contribution in [3.05, 3.63) is 60.0 Å². The average Bonchev–Trinajstić information content (AvgIpc) is 3.08. The molecule has 0 bridgehead atoms. The van der Waals surface area contributed by atoms with Crippen LogP contribution in [-0.2, 0) is 6.54 Å². The molecule has 0 atom stereocenters. The van der Waals surface area contributed by atoms with Gasteiger partial charge in [-0.05, 0) is 35.9 Å². The van der Waals surface area contributed by atoms with Crippen LogP contribution in [0.5, 0.6) is 11.5 Å². The second kappa shape index (κ2) is 6.60. The monoisotopic (exact) mass is 339 g/mol. The molecule has 0 aliphatic carbocycles. The van der Waals surface area contributed by atoms with Crippen LogP contribution in [0.4, 0.5) is 21.8 Å². The Hall–Kier alpha value is -3.42. The number of halogens is 1. The number of nitrogens with zero attached hydrogens (tertiary/aromatic N) is 3. The van der Waals surface area contributed by atoms with E-state index < -0.39 is 0 Å². The SMILES string of the molecule is Fc1cccc(Nc2cnnc(NCc3ccc4c(c3)OCO4)n2)c1. The summed E-state index contributed by atoms with van der Waals surface area (Å²) in [5.41, 5.74) is 1.58. The molecule has 25 heavy (non-hydrogen) atoms. The Bertz CT molecular complexity index is 906. The van der Waals surface area contributed by atoms with E-state index in [1.165, 1.54) is 18.3 Å². The van der Waals surface area contributed by atoms with Gasteiger partial charge in [0.25, 0.3) is 0 Å². The van der Waals surface area contributed by atoms with Crippen molar-refractivity contribution in [2.75, 3.05) is 17.4 Å². The Morgan fingerprint density at radius 3 is 2.92 bits per heavy atom. The highest BCUT2D eigenvalue weighted by Crippen LogP contribution is 2.32. The summed E-state index contributed by atoms with van der Waals surface area (Å²) >= 11 is 0. The van der Waals surface area contributed by atoms with Gasteiger partial charge in [0.2, 0.25) is 12.7 Å². The van der Waals surface area contributed by atoms with Crippen LogP contribution < -0.4 is 20.1 Å². The summed E-state index contributed by atoms with van der Waals surface area (Å²) < 4.78 is 23.9. The topological polar surface area (TPSA) is 81.2 Å². The lowest BCUT2D eigenvalue weighted by molar-refractivity contribution is 0.174. The summed E-state index contributed by atoms with van der Waals surface area (Å²) in [6, 6.07) is 11.8. The van der Waals surface area contributed by atoms with Gasteiger partial charge in [-0.25, -0.2) is 4.39 Å². The van der Waals surface area contributed by atoms with Gasteiger partial charge in [-0.15, -0.1) is 5.10 Å². The Morgan fingerprint density at radius 1 is 1.08 bits per heavy atom. The van der Waals surface area contributed by atoms with Crippen LogP contribution in [0.25, 0.3) is 0 Å². The maximum absolute atomic E-state index is 13.2. The number of ether oxygens (including phenoxy) is 2. The van der Waals surface area contributed by atoms with E-state index in [1.54, 1.807) is 12.1 Å². The zero-order chi connectivity index (χ0) is 17.1. The van der Waals surface area contributed by atoms with Crippen molar-refractivity contribution in [3.63, 3.8) is 0 Å². The van der Waals surface area contributed by atoms with E-state index >= 15 is 0 Å². The molecular formula is C17H14FN5O2. The molecule has 8 heteroatoms. The van der Waals surface area contributed by atoms with Gasteiger partial charge >= 0.3 is 0 Å². The molecule has 2 N–H and O–H groups in total. The van der Waals surface area contributed by atoms with E-state index in [0.29, 0.717) is 24.0 Å². The minimum atomic E-state index is -0.326. The van der Waals surface area contributed by atoms with Gasteiger partial charge in [-0.3, -0.25) is 0 Å². The molecule has 0 radical (unpaired) electrons. The lowest BCUT2D eigenvalue weighted by Crippen LogP contribution is -2.06. The number of rotatable bonds is 5. The average molecular weight is 339 g/mol. The maximum atomic E-state index is 13.2. The first-order valence-electron chi connectivity index (χ1n) is 7.61. The molecule has 2 aromatic carbocycles. The van der Waals surface area contributed by atoms with Crippen molar-refractivity contribution in [3.8, 4) is 11.5 Å². The predicted octanol–water partition coefficient (Wildman–Crippen LogP) is 3.10. The van der Waals surface area contributed by atoms with Crippen LogP contribution in [-0.4, -0.2) is 22.0 Å². The molecule has 0 saturated carbocycles. The molecule has 1 aromatic heterocycles. The van der Waals surface area contributed by atoms with Gasteiger partial charge < -0.3 is 20.1 Å². The fraction of sp³-hybridized carbons (Fsp3) is 0.118. The summed E-state index contributed by atoms with van der Waals surface area (Å²) in [4.78, 5) is 4.31. The van der Waals surface area contributed by atoms with Crippen molar-refractivity contribution in [1.29, 1.82) is 0 Å². The van der Waals surface area contributed by atoms with Crippen LogP contribution in [0.1, 0.15) is 5.56 Å². The molecular weight excluding hydrogens is 325 g/mol. The third-order valence-electron chi connectivity index (χ3n) is 3.54. The predicted molar refractivity (Wildman–Crippen MR) is 89.4 cm³/mol. The molecule has 3 aromatic rings. The first-order chi connectivity index (χ1) is 12.3. The van der Waals surface area contributed by atoms with Crippen LogP contribution in [0.15, 0.2) is 48.7 Å². The van der Waals surface area contributed by atoms with E-state index in [0.717, 1.165) is 17.1 Å². The molecule has 1 aliphatic rings. The Morgan fingerprint density at radius 2 is 2.00 bits per heavy atom. The normalized spacial score (nSPS) is 12.0. The highest BCUT2D eigenvalue weighted by Gasteiger charge is 2.13. The number of hydrogen-bond acceptors (Lipinski definition) is 7. The third-order valence-corrected chi connectivity index (χ3v) is 3.54. The van der Waals surface area contributed by atoms with Crippen LogP contribution in [0.3, 0.4) is 0 Å². The number of benzene rings is 2. The molecule has 1 aliphatic heterocycles. The van der Waals surface area contributed by atoms with Crippen molar-refractivity contribution in [2.24, 2.45) is 0 Å². The summed E-state index contributed by atoms with van der Waals surface area (Å²) in [7, 11) is 0. The van der Waals surface area contributed by atoms with E-state index in [1.807, 2.05) is 18.2 Å². The molecule has 0 saturated heterocycles. The van der Waals surface area contributed by atoms with Crippen molar-refractivity contribution < 1.29 is 13.9 Å². The van der Waals surface area contributed by atoms with Crippen LogP contribution in [0, 0.1) is 5.82 Å². The highest BCUT2D eigenvalue weighted by molar-refractivity contribution is 5.56. The molecule has 0 fully saturated rings. The lowest BCUT2D eigenvalue weighted by atomic mass is 10.2. The lowest BCUT2D eigenvalue weighted by Gasteiger charge is -2.08. The second-order valence-corrected chi connectivity index (χ2v) is 5.34. The van der Waals surface area contributed by atoms with Gasteiger partial charge in [-0.2, -0.15) is 10.1 Å². The third kappa shape index (κ3) is 3.57. The quantitative estimate of drug-likeness (QED) is 0.739. The van der Waals surface area contributed by atoms with Gasteiger partial charge in [0.05, 0.1) is 6.20 Å². The Kier molecular flexibility index (Phi) is 3.99. The fourth-order valence-electron chi connectivity index (χ4n) is 2.38. The molecule has 4 rings (SSSR count). The Balaban J connectivity index is 1.43. The molecule has 0 spiro atoms. The molecule has 0 unspecified atom stereocenters. The van der Waals surface area contributed by atoms with E-state index in [2.05, 4.69) is 25.8 Å². The summed E-state index contributed by atoms with van der Waals surface area (Å²) in [6.07, 6.45) is 1.47. The number of hydrogen-bond donors (Lipinski definition) is 2. The molecule has 7 nitrogen and oxygen atoms in total. The van der Waals surface area contributed by atoms with Gasteiger partial charge in [0.15, 0.2) is 17.3 Å². The number of aromatic nitrogens is 3. The summed E-state index contributed by atoms with van der Waals surface area (Å²) in [6.45, 7) is 0.745. The number of nitrogens with one attached hydrogen (secondary N) is 2. The van der Waals surface area contributed by atoms with Crippen LogP contribution in [0.2, 0.25) is 0 Å². The maximum Gasteiger partial charge on any atom is 0.244 e. The van der Waals surface area contributed by atoms with Crippen molar-refractivity contribution >= 4 is 17.5 Å². The van der Waals surface area contributed by atoms with E-state index in [9.17, 15) is 4.39 Å². The van der Waals surface area contributed by atoms with Crippen LogP contribution >= 0.6 is 0 Å². The standard InChI is InChI=1S/C17H14FN5O2/c18-12-2-1-3-13(7-12)21-16-9-20-23-17(22-16)19-8-11-4-5-14-15(6-11)25-10-24-14/h1-7,9H,8,10H2,(H2,19,21,22,23). The minimum Gasteiger partial charge on any atom is -0.454 e. The van der Waals surface area contributed by atoms with Gasteiger partial charge in [0, 0.05) is 12.2 Å². The first-order valence-corrected chi connectivity index (χ1v) is 7.61. The smallest absolute Gasteiger partial charge is 0.244 e. The first kappa shape index (κ1) is 15.1. The van der Waals surface area contributed by atoms with E-state index in [4.69, 9.17) is 9.47 Å². The second-order valence-electron chi connectivity index (χ2n) is 5.34. The molecule has 0 amide bonds. The number of fused-ring (bicyclic) bond motifs is 1. The van der Waals surface area contributed by atoms with Gasteiger partial charge in [-0.1, -0.05) is 12.1 Å². The fourth-order valence-corrected chi connectivity index (χ4v) is 2.38. The summed E-state index contributed by atoms with van der Waals surface area (Å²) in [5.74, 6) is 1.96. The van der Waals surface area contributed by atoms with Crippen molar-refractivity contribution in [1.82, 2.24) is 15.2 Å². The largest absolute Gasteiger partial charge is 0.454 e. The zero-order valence-corrected chi connectivity index (χ0v) is 13.1. The minimum absolute atomic E-state index is 0.243. The molecule has 2 heterocycles. The summed E-state index contributed by atoms with van der Waals surface area (Å²) in [5, 5.41) is 13.9. The zero-order valence-electron chi connectivity index (χ0n) is 13.1. The van der Waals surface area contributed by atoms with Gasteiger partial charge in [0.1, 0.15) is 5.82 Å². The number of anilines is 3. The van der Waals surface area contributed by atoms with Crippen molar-refractivity contribution in [2.45, 2.75) is 6.54 Å². The van der Waals surface area contributed by atoms with E-state index in [-0.39, 0.29) is 12.6 Å². The Labute approximate surface area is 142 Å². The molecule has 126 valence electrons. The highest BCUT2D eigenvalue weighted by atomic mass is 19.1.